The van der Waals surface area contributed by atoms with Gasteiger partial charge in [-0.3, -0.25) is 9.45 Å². The topological polar surface area (TPSA) is 109 Å². The highest BCUT2D eigenvalue weighted by molar-refractivity contribution is 8.03. The molecule has 10 rings (SSSR count). The molecule has 0 spiro atoms. The van der Waals surface area contributed by atoms with Gasteiger partial charge in [0, 0.05) is 33.6 Å². The number of anilines is 3. The lowest BCUT2D eigenvalue weighted by molar-refractivity contribution is -0.674. The number of hydrogen-bond acceptors (Lipinski definition) is 10. The highest BCUT2D eigenvalue weighted by atomic mass is 35.5. The van der Waals surface area contributed by atoms with Crippen molar-refractivity contribution in [2.75, 3.05) is 33.9 Å². The van der Waals surface area contributed by atoms with E-state index in [2.05, 4.69) is 97.0 Å². The van der Waals surface area contributed by atoms with Crippen molar-refractivity contribution in [3.63, 3.8) is 0 Å². The second kappa shape index (κ2) is 19.2. The second-order valence-electron chi connectivity index (χ2n) is 16.8. The van der Waals surface area contributed by atoms with E-state index in [1.807, 2.05) is 76.7 Å². The van der Waals surface area contributed by atoms with E-state index in [1.54, 1.807) is 11.8 Å². The normalized spacial score (nSPS) is 17.2. The monoisotopic (exact) mass is 987 g/mol. The second-order valence-corrected chi connectivity index (χ2v) is 20.3. The molecule has 6 aromatic carbocycles. The fraction of sp³-hybridized carbons (Fsp3) is 0.226. The summed E-state index contributed by atoms with van der Waals surface area (Å²) in [5.74, 6) is 2.45. The highest BCUT2D eigenvalue weighted by Crippen LogP contribution is 2.49. The van der Waals surface area contributed by atoms with Gasteiger partial charge in [0.1, 0.15) is 17.3 Å². The van der Waals surface area contributed by atoms with Gasteiger partial charge in [-0.2, -0.15) is 13.0 Å². The van der Waals surface area contributed by atoms with E-state index in [1.165, 1.54) is 0 Å². The summed E-state index contributed by atoms with van der Waals surface area (Å²) in [5, 5.41) is 8.19. The Balaban J connectivity index is 0.994. The molecule has 1 unspecified atom stereocenters. The molecule has 0 saturated carbocycles. The van der Waals surface area contributed by atoms with Crippen molar-refractivity contribution in [2.45, 2.75) is 64.1 Å². The number of ether oxygens (including phenoxy) is 2. The molecular weight excluding hydrogens is 940 g/mol. The zero-order valence-electron chi connectivity index (χ0n) is 37.7. The van der Waals surface area contributed by atoms with Gasteiger partial charge in [0.2, 0.25) is 11.5 Å². The van der Waals surface area contributed by atoms with Crippen molar-refractivity contribution in [3.05, 3.63) is 165 Å². The van der Waals surface area contributed by atoms with Gasteiger partial charge in [-0.05, 0) is 132 Å². The number of nitrogens with zero attached hydrogens (tertiary/aromatic N) is 4. The molecule has 0 fully saturated rings. The van der Waals surface area contributed by atoms with E-state index < -0.39 is 16.3 Å². The van der Waals surface area contributed by atoms with Crippen molar-refractivity contribution in [1.29, 1.82) is 0 Å². The van der Waals surface area contributed by atoms with Crippen molar-refractivity contribution >= 4 is 101 Å². The van der Waals surface area contributed by atoms with E-state index in [-0.39, 0.29) is 12.5 Å². The maximum absolute atomic E-state index is 11.6. The zero-order valence-corrected chi connectivity index (χ0v) is 40.8. The quantitative estimate of drug-likeness (QED) is 0.0602. The number of oxazole rings is 1. The van der Waals surface area contributed by atoms with Gasteiger partial charge in [-0.25, -0.2) is 9.90 Å². The molecule has 0 radical (unpaired) electrons. The van der Waals surface area contributed by atoms with Gasteiger partial charge < -0.3 is 18.8 Å². The first-order valence-corrected chi connectivity index (χ1v) is 25.9. The predicted molar refractivity (Wildman–Crippen MR) is 274 cm³/mol. The van der Waals surface area contributed by atoms with Crippen LogP contribution in [0.1, 0.15) is 52.3 Å². The first kappa shape index (κ1) is 45.8. The predicted octanol–water partition coefficient (Wildman–Crippen LogP) is 13.5. The average molecular weight is 989 g/mol. The van der Waals surface area contributed by atoms with Gasteiger partial charge in [0.15, 0.2) is 18.7 Å². The van der Waals surface area contributed by atoms with Crippen LogP contribution in [0.2, 0.25) is 10.0 Å². The summed E-state index contributed by atoms with van der Waals surface area (Å²) in [7, 11) is -4.08. The molecule has 0 saturated heterocycles. The van der Waals surface area contributed by atoms with Crippen LogP contribution in [-0.2, 0) is 21.5 Å². The number of benzene rings is 6. The van der Waals surface area contributed by atoms with Crippen molar-refractivity contribution in [2.24, 2.45) is 0 Å². The summed E-state index contributed by atoms with van der Waals surface area (Å²) in [5.41, 5.74) is 6.29. The number of halogens is 2. The third-order valence-corrected chi connectivity index (χ3v) is 14.7. The van der Waals surface area contributed by atoms with Crippen LogP contribution in [0.15, 0.2) is 159 Å². The van der Waals surface area contributed by atoms with Gasteiger partial charge in [0.25, 0.3) is 15.6 Å². The number of fused-ring (bicyclic) bond motifs is 6. The van der Waals surface area contributed by atoms with Crippen LogP contribution in [0, 0.1) is 0 Å². The Labute approximate surface area is 409 Å². The number of rotatable bonds is 15. The van der Waals surface area contributed by atoms with Crippen LogP contribution in [-0.4, -0.2) is 38.2 Å². The highest BCUT2D eigenvalue weighted by Gasteiger charge is 2.34. The Morgan fingerprint density at radius 3 is 2.18 bits per heavy atom. The molecule has 0 aliphatic carbocycles. The third kappa shape index (κ3) is 9.43. The molecule has 15 heteroatoms. The van der Waals surface area contributed by atoms with Crippen LogP contribution in [0.3, 0.4) is 0 Å². The lowest BCUT2D eigenvalue weighted by Gasteiger charge is -2.25. The number of unbranched alkanes of at least 4 members (excludes halogenated alkanes) is 1. The van der Waals surface area contributed by atoms with E-state index in [0.717, 1.165) is 88.8 Å². The molecular formula is C53H49Cl2N4O7S2+. The lowest BCUT2D eigenvalue weighted by atomic mass is 10.1. The molecule has 0 amide bonds. The Hall–Kier alpha value is -5.93. The van der Waals surface area contributed by atoms with Gasteiger partial charge in [-0.1, -0.05) is 97.3 Å². The summed E-state index contributed by atoms with van der Waals surface area (Å²) >= 11 is 14.7. The van der Waals surface area contributed by atoms with Gasteiger partial charge >= 0.3 is 5.89 Å². The van der Waals surface area contributed by atoms with E-state index in [9.17, 15) is 13.0 Å². The molecule has 11 nitrogen and oxygen atoms in total. The number of allylic oxidation sites excluding steroid dienone is 4. The molecule has 0 bridgehead atoms. The molecule has 348 valence electrons. The van der Waals surface area contributed by atoms with E-state index in [0.29, 0.717) is 54.0 Å². The van der Waals surface area contributed by atoms with E-state index >= 15 is 0 Å². The van der Waals surface area contributed by atoms with Crippen LogP contribution < -0.4 is 28.9 Å². The SMILES string of the molecule is CCC(=Cc1oc2ccc(Cl)cc2[n+]1CC)C=C1Sc2ccc(Cl)cc2N1OCN1C(=CC(=CC2Oc3cc4ccccc4cc3N2CCCCS(=O)(=O)O)CC)Oc2cc3ccccc3cc21. The molecule has 68 heavy (non-hydrogen) atoms. The van der Waals surface area contributed by atoms with Gasteiger partial charge in [-0.15, -0.1) is 0 Å². The third-order valence-electron chi connectivity index (χ3n) is 12.3. The minimum absolute atomic E-state index is 0.0845. The summed E-state index contributed by atoms with van der Waals surface area (Å²) in [6, 6.07) is 36.2. The largest absolute Gasteiger partial charge is 0.465 e. The summed E-state index contributed by atoms with van der Waals surface area (Å²) in [6.07, 6.45) is 10.1. The smallest absolute Gasteiger partial charge is 0.374 e. The minimum Gasteiger partial charge on any atom is -0.465 e. The number of hydroxylamine groups is 1. The Bertz CT molecular complexity index is 3350. The Morgan fingerprint density at radius 2 is 1.47 bits per heavy atom. The summed E-state index contributed by atoms with van der Waals surface area (Å²) < 4.78 is 54.5. The molecule has 3 aliphatic rings. The standard InChI is InChI=1S/C53H48Cl2N4O7S2/c1-4-34(23-51-57(21-11-12-22-68(60,61)62)42-27-36-13-7-9-15-38(36)29-47(42)65-51)24-52-58(43-28-37-14-8-10-16-39(37)30-48(43)66-52)33-63-59-45-32-41(55)18-20-49(45)67-53(59)26-35(5-2)25-50-56(6-3)44-31-40(54)17-19-46(44)64-50/h7-10,13-20,23-32,51H,4-6,11-12,21-22,33H2,1-3H3/p+1. The molecule has 4 heterocycles. The molecule has 3 aliphatic heterocycles. The fourth-order valence-corrected chi connectivity index (χ4v) is 10.8. The van der Waals surface area contributed by atoms with Crippen LogP contribution in [0.25, 0.3) is 38.7 Å². The summed E-state index contributed by atoms with van der Waals surface area (Å²) in [4.78, 5) is 12.1. The van der Waals surface area contributed by atoms with Crippen LogP contribution >= 0.6 is 35.0 Å². The molecule has 1 atom stereocenters. The maximum atomic E-state index is 11.6. The Morgan fingerprint density at radius 1 is 0.794 bits per heavy atom. The lowest BCUT2D eigenvalue weighted by Crippen LogP contribution is -2.34. The van der Waals surface area contributed by atoms with Crippen LogP contribution in [0.4, 0.5) is 17.1 Å². The van der Waals surface area contributed by atoms with Crippen molar-refractivity contribution in [1.82, 2.24) is 0 Å². The van der Waals surface area contributed by atoms with E-state index in [4.69, 9.17) is 41.9 Å². The Kier molecular flexibility index (Phi) is 13.0. The average Bonchev–Trinajstić information content (AvgIpc) is 4.05. The van der Waals surface area contributed by atoms with Crippen LogP contribution in [0.5, 0.6) is 11.5 Å². The number of aromatic nitrogens is 1. The molecule has 7 aromatic rings. The molecule has 1 N–H and O–H groups in total. The number of aryl methyl sites for hydroxylation is 1. The minimum atomic E-state index is -4.08. The zero-order chi connectivity index (χ0) is 47.1. The first-order chi connectivity index (χ1) is 32.9. The van der Waals surface area contributed by atoms with Crippen molar-refractivity contribution in [3.8, 4) is 11.5 Å². The van der Waals surface area contributed by atoms with Gasteiger partial charge in [0.05, 0.1) is 28.9 Å². The summed E-state index contributed by atoms with van der Waals surface area (Å²) in [6.45, 7) is 7.60. The number of hydrogen-bond donors (Lipinski definition) is 1. The first-order valence-electron chi connectivity index (χ1n) is 22.7. The number of thioether (sulfide) groups is 1. The van der Waals surface area contributed by atoms with Crippen molar-refractivity contribution < 1.29 is 36.3 Å². The maximum Gasteiger partial charge on any atom is 0.374 e. The molecule has 1 aromatic heterocycles. The fourth-order valence-electron chi connectivity index (χ4n) is 8.85.